The summed E-state index contributed by atoms with van der Waals surface area (Å²) in [5.74, 6) is 0.485. The van der Waals surface area contributed by atoms with E-state index in [2.05, 4.69) is 5.32 Å². The Kier molecular flexibility index (Phi) is 9.30. The molecule has 180 valence electrons. The molecular formula is C21H26ClN3O7S. The van der Waals surface area contributed by atoms with Crippen LogP contribution in [0.1, 0.15) is 18.4 Å². The monoisotopic (exact) mass is 499 g/mol. The normalized spacial score (nSPS) is 11.0. The molecule has 0 spiro atoms. The van der Waals surface area contributed by atoms with Gasteiger partial charge < -0.3 is 14.8 Å². The Morgan fingerprint density at radius 1 is 1.24 bits per heavy atom. The van der Waals surface area contributed by atoms with E-state index in [1.807, 2.05) is 13.0 Å². The summed E-state index contributed by atoms with van der Waals surface area (Å²) >= 11 is 6.04. The molecule has 0 saturated heterocycles. The van der Waals surface area contributed by atoms with Gasteiger partial charge in [0, 0.05) is 30.1 Å². The highest BCUT2D eigenvalue weighted by atomic mass is 35.5. The van der Waals surface area contributed by atoms with Gasteiger partial charge in [-0.3, -0.25) is 19.2 Å². The van der Waals surface area contributed by atoms with Crippen molar-refractivity contribution in [3.05, 3.63) is 57.1 Å². The smallest absolute Gasteiger partial charge is 0.271 e. The highest BCUT2D eigenvalue weighted by Crippen LogP contribution is 2.33. The van der Waals surface area contributed by atoms with E-state index in [-0.39, 0.29) is 55.6 Å². The van der Waals surface area contributed by atoms with Gasteiger partial charge in [0.2, 0.25) is 15.9 Å². The van der Waals surface area contributed by atoms with Gasteiger partial charge in [-0.05, 0) is 37.1 Å². The number of aryl methyl sites for hydroxylation is 1. The predicted molar refractivity (Wildman–Crippen MR) is 126 cm³/mol. The minimum absolute atomic E-state index is 0.0415. The van der Waals surface area contributed by atoms with Crippen LogP contribution < -0.4 is 19.1 Å². The minimum atomic E-state index is -3.78. The molecule has 2 rings (SSSR count). The number of amides is 1. The molecular weight excluding hydrogens is 474 g/mol. The van der Waals surface area contributed by atoms with Gasteiger partial charge in [0.1, 0.15) is 23.8 Å². The molecule has 0 aliphatic heterocycles. The molecule has 0 heterocycles. The fraction of sp³-hybridized carbons (Fsp3) is 0.381. The second-order valence-electron chi connectivity index (χ2n) is 7.16. The lowest BCUT2D eigenvalue weighted by Gasteiger charge is -2.24. The third-order valence-electron chi connectivity index (χ3n) is 4.64. The van der Waals surface area contributed by atoms with Crippen LogP contribution in [0.3, 0.4) is 0 Å². The molecule has 2 aromatic carbocycles. The number of carbonyl (C=O) groups is 1. The van der Waals surface area contributed by atoms with Gasteiger partial charge in [0.05, 0.1) is 24.8 Å². The maximum Gasteiger partial charge on any atom is 0.271 e. The second kappa shape index (κ2) is 11.7. The van der Waals surface area contributed by atoms with Gasteiger partial charge in [-0.1, -0.05) is 17.7 Å². The van der Waals surface area contributed by atoms with E-state index in [1.165, 1.54) is 19.2 Å². The Morgan fingerprint density at radius 2 is 1.97 bits per heavy atom. The second-order valence-corrected chi connectivity index (χ2v) is 9.48. The SMILES string of the molecule is COc1ccc([N+](=O)[O-])cc1N(CCCC(=O)NCCOc1ccc(C)c(Cl)c1)S(C)(=O)=O. The first-order valence-corrected chi connectivity index (χ1v) is 12.2. The van der Waals surface area contributed by atoms with Gasteiger partial charge in [-0.15, -0.1) is 0 Å². The van der Waals surface area contributed by atoms with Crippen molar-refractivity contribution in [2.45, 2.75) is 19.8 Å². The lowest BCUT2D eigenvalue weighted by Crippen LogP contribution is -2.33. The topological polar surface area (TPSA) is 128 Å². The fourth-order valence-corrected chi connectivity index (χ4v) is 4.08. The molecule has 0 bridgehead atoms. The maximum atomic E-state index is 12.3. The van der Waals surface area contributed by atoms with Crippen molar-refractivity contribution < 1.29 is 27.6 Å². The summed E-state index contributed by atoms with van der Waals surface area (Å²) < 4.78 is 36.3. The number of methoxy groups -OCH3 is 1. The van der Waals surface area contributed by atoms with Gasteiger partial charge in [0.25, 0.3) is 5.69 Å². The molecule has 0 radical (unpaired) electrons. The van der Waals surface area contributed by atoms with Crippen LogP contribution in [0.15, 0.2) is 36.4 Å². The number of ether oxygens (including phenoxy) is 2. The number of nitro benzene ring substituents is 1. The molecule has 0 unspecified atom stereocenters. The number of anilines is 1. The first-order chi connectivity index (χ1) is 15.5. The fourth-order valence-electron chi connectivity index (χ4n) is 2.95. The number of halogens is 1. The standard InChI is InChI=1S/C21H26ClN3O7S/c1-15-6-8-17(14-18(15)22)32-12-10-23-21(26)5-4-11-24(33(3,29)30)19-13-16(25(27)28)7-9-20(19)31-2/h6-9,13-14H,4-5,10-12H2,1-3H3,(H,23,26). The molecule has 2 aromatic rings. The number of nitro groups is 1. The zero-order valence-electron chi connectivity index (χ0n) is 18.5. The molecule has 0 aliphatic carbocycles. The Balaban J connectivity index is 1.90. The van der Waals surface area contributed by atoms with Crippen LogP contribution in [0.4, 0.5) is 11.4 Å². The van der Waals surface area contributed by atoms with E-state index in [0.29, 0.717) is 10.8 Å². The Labute approximate surface area is 197 Å². The molecule has 33 heavy (non-hydrogen) atoms. The van der Waals surface area contributed by atoms with Crippen molar-refractivity contribution >= 4 is 38.9 Å². The third-order valence-corrected chi connectivity index (χ3v) is 6.23. The Morgan fingerprint density at radius 3 is 2.58 bits per heavy atom. The van der Waals surface area contributed by atoms with Crippen LogP contribution in [0.2, 0.25) is 5.02 Å². The lowest BCUT2D eigenvalue weighted by molar-refractivity contribution is -0.384. The van der Waals surface area contributed by atoms with Crippen molar-refractivity contribution in [1.82, 2.24) is 5.32 Å². The largest absolute Gasteiger partial charge is 0.495 e. The highest BCUT2D eigenvalue weighted by Gasteiger charge is 2.24. The van der Waals surface area contributed by atoms with Crippen molar-refractivity contribution in [1.29, 1.82) is 0 Å². The molecule has 1 N–H and O–H groups in total. The Hall–Kier alpha value is -3.05. The quantitative estimate of drug-likeness (QED) is 0.269. The highest BCUT2D eigenvalue weighted by molar-refractivity contribution is 7.92. The number of nitrogens with zero attached hydrogens (tertiary/aromatic N) is 2. The summed E-state index contributed by atoms with van der Waals surface area (Å²) in [6.45, 7) is 2.33. The lowest BCUT2D eigenvalue weighted by atomic mass is 10.2. The predicted octanol–water partition coefficient (Wildman–Crippen LogP) is 3.31. The first-order valence-electron chi connectivity index (χ1n) is 9.98. The minimum Gasteiger partial charge on any atom is -0.495 e. The van der Waals surface area contributed by atoms with Crippen LogP contribution in [0.25, 0.3) is 0 Å². The molecule has 0 saturated carbocycles. The molecule has 0 aliphatic rings. The van der Waals surface area contributed by atoms with E-state index >= 15 is 0 Å². The van der Waals surface area contributed by atoms with E-state index in [0.717, 1.165) is 22.2 Å². The van der Waals surface area contributed by atoms with Gasteiger partial charge in [-0.25, -0.2) is 8.42 Å². The summed E-state index contributed by atoms with van der Waals surface area (Å²) in [5.41, 5.74) is 0.704. The number of nitrogens with one attached hydrogen (secondary N) is 1. The molecule has 10 nitrogen and oxygen atoms in total. The number of benzene rings is 2. The van der Waals surface area contributed by atoms with Gasteiger partial charge >= 0.3 is 0 Å². The number of rotatable bonds is 12. The van der Waals surface area contributed by atoms with Crippen molar-refractivity contribution in [3.63, 3.8) is 0 Å². The van der Waals surface area contributed by atoms with Crippen molar-refractivity contribution in [2.24, 2.45) is 0 Å². The average Bonchev–Trinajstić information content (AvgIpc) is 2.75. The van der Waals surface area contributed by atoms with Crippen LogP contribution in [0.5, 0.6) is 11.5 Å². The van der Waals surface area contributed by atoms with Crippen LogP contribution >= 0.6 is 11.6 Å². The summed E-state index contributed by atoms with van der Waals surface area (Å²) in [6, 6.07) is 9.00. The third kappa shape index (κ3) is 7.79. The van der Waals surface area contributed by atoms with Gasteiger partial charge in [-0.2, -0.15) is 0 Å². The number of non-ortho nitro benzene ring substituents is 1. The average molecular weight is 500 g/mol. The molecule has 0 atom stereocenters. The summed E-state index contributed by atoms with van der Waals surface area (Å²) in [7, 11) is -2.44. The van der Waals surface area contributed by atoms with Crippen LogP contribution in [-0.4, -0.2) is 52.3 Å². The van der Waals surface area contributed by atoms with E-state index in [9.17, 15) is 23.3 Å². The van der Waals surface area contributed by atoms with Crippen LogP contribution in [-0.2, 0) is 14.8 Å². The molecule has 0 fully saturated rings. The molecule has 1 amide bonds. The van der Waals surface area contributed by atoms with E-state index < -0.39 is 14.9 Å². The van der Waals surface area contributed by atoms with Crippen LogP contribution in [0, 0.1) is 17.0 Å². The summed E-state index contributed by atoms with van der Waals surface area (Å²) in [4.78, 5) is 22.6. The van der Waals surface area contributed by atoms with E-state index in [1.54, 1.807) is 12.1 Å². The first kappa shape index (κ1) is 26.2. The number of sulfonamides is 1. The number of hydrogen-bond acceptors (Lipinski definition) is 7. The summed E-state index contributed by atoms with van der Waals surface area (Å²) in [5, 5.41) is 14.4. The number of carbonyl (C=O) groups excluding carboxylic acids is 1. The Bertz CT molecular complexity index is 1110. The van der Waals surface area contributed by atoms with Gasteiger partial charge in [0.15, 0.2) is 0 Å². The zero-order chi connectivity index (χ0) is 24.6. The number of hydrogen-bond donors (Lipinski definition) is 1. The zero-order valence-corrected chi connectivity index (χ0v) is 20.1. The molecule has 0 aromatic heterocycles. The molecule has 12 heteroatoms. The van der Waals surface area contributed by atoms with Crippen molar-refractivity contribution in [2.75, 3.05) is 37.4 Å². The summed E-state index contributed by atoms with van der Waals surface area (Å²) in [6.07, 6.45) is 1.23. The van der Waals surface area contributed by atoms with Crippen molar-refractivity contribution in [3.8, 4) is 11.5 Å². The van der Waals surface area contributed by atoms with E-state index in [4.69, 9.17) is 21.1 Å². The maximum absolute atomic E-state index is 12.3.